The number of hydrogen-bond donors (Lipinski definition) is 1. The Kier molecular flexibility index (Phi) is 5.46. The number of thiazole rings is 1. The van der Waals surface area contributed by atoms with Crippen LogP contribution in [0.4, 0.5) is 28.9 Å². The van der Waals surface area contributed by atoms with Crippen molar-refractivity contribution in [2.24, 2.45) is 0 Å². The maximum absolute atomic E-state index is 13.3. The van der Waals surface area contributed by atoms with Crippen LogP contribution in [0.25, 0.3) is 10.2 Å². The molecule has 2 aromatic heterocycles. The number of urea groups is 1. The van der Waals surface area contributed by atoms with Crippen LogP contribution in [-0.2, 0) is 6.18 Å². The molecule has 4 rings (SSSR count). The minimum Gasteiger partial charge on any atom is -0.352 e. The molecule has 1 atom stereocenters. The highest BCUT2D eigenvalue weighted by atomic mass is 35.5. The zero-order chi connectivity index (χ0) is 21.5. The molecular weight excluding hydrogens is 439 g/mol. The van der Waals surface area contributed by atoms with Crippen molar-refractivity contribution in [3.63, 3.8) is 0 Å². The summed E-state index contributed by atoms with van der Waals surface area (Å²) in [6, 6.07) is 6.90. The van der Waals surface area contributed by atoms with E-state index in [0.717, 1.165) is 16.3 Å². The van der Waals surface area contributed by atoms with E-state index in [1.165, 1.54) is 23.6 Å². The molecule has 0 bridgehead atoms. The molecule has 0 aliphatic carbocycles. The second-order valence-corrected chi connectivity index (χ2v) is 8.39. The molecule has 0 saturated carbocycles. The van der Waals surface area contributed by atoms with Crippen molar-refractivity contribution in [2.75, 3.05) is 29.9 Å². The van der Waals surface area contributed by atoms with E-state index >= 15 is 0 Å². The van der Waals surface area contributed by atoms with Gasteiger partial charge in [0.2, 0.25) is 0 Å². The molecule has 0 radical (unpaired) electrons. The van der Waals surface area contributed by atoms with Gasteiger partial charge in [0.1, 0.15) is 5.82 Å². The van der Waals surface area contributed by atoms with E-state index in [-0.39, 0.29) is 37.5 Å². The van der Waals surface area contributed by atoms with Crippen LogP contribution in [0.2, 0.25) is 5.02 Å². The number of nitrogens with one attached hydrogen (secondary N) is 1. The summed E-state index contributed by atoms with van der Waals surface area (Å²) in [4.78, 5) is 24.2. The van der Waals surface area contributed by atoms with Crippen molar-refractivity contribution in [3.05, 3.63) is 47.1 Å². The standard InChI is InChI=1S/C19H17ClF3N5OS/c1-11-10-27(16-13(19(21,22)23)3-2-6-24-16)7-8-28(11)18(29)26-17-25-14-5-4-12(20)9-15(14)30-17/h2-6,9,11H,7-8,10H2,1H3,(H,25,26,29)/t11-/m1/s1. The summed E-state index contributed by atoms with van der Waals surface area (Å²) in [6.45, 7) is 2.54. The molecule has 30 heavy (non-hydrogen) atoms. The molecule has 1 aliphatic heterocycles. The average Bonchev–Trinajstić information content (AvgIpc) is 3.08. The van der Waals surface area contributed by atoms with Crippen molar-refractivity contribution in [1.82, 2.24) is 14.9 Å². The number of carbonyl (C=O) groups is 1. The number of amides is 2. The predicted octanol–water partition coefficient (Wildman–Crippen LogP) is 5.11. The highest BCUT2D eigenvalue weighted by Crippen LogP contribution is 2.36. The van der Waals surface area contributed by atoms with Gasteiger partial charge in [0.15, 0.2) is 5.13 Å². The van der Waals surface area contributed by atoms with Crippen molar-refractivity contribution >= 4 is 50.1 Å². The first-order valence-corrected chi connectivity index (χ1v) is 10.3. The average molecular weight is 456 g/mol. The summed E-state index contributed by atoms with van der Waals surface area (Å²) in [5, 5.41) is 3.80. The van der Waals surface area contributed by atoms with Gasteiger partial charge in [0.25, 0.3) is 0 Å². The molecule has 0 spiro atoms. The van der Waals surface area contributed by atoms with E-state index in [2.05, 4.69) is 15.3 Å². The fraction of sp³-hybridized carbons (Fsp3) is 0.316. The zero-order valence-corrected chi connectivity index (χ0v) is 17.4. The van der Waals surface area contributed by atoms with Gasteiger partial charge in [0, 0.05) is 36.9 Å². The Morgan fingerprint density at radius 1 is 1.30 bits per heavy atom. The molecule has 3 aromatic rings. The van der Waals surface area contributed by atoms with Gasteiger partial charge < -0.3 is 9.80 Å². The van der Waals surface area contributed by atoms with Crippen LogP contribution < -0.4 is 10.2 Å². The van der Waals surface area contributed by atoms with Gasteiger partial charge in [-0.1, -0.05) is 22.9 Å². The molecule has 1 N–H and O–H groups in total. The molecule has 1 fully saturated rings. The van der Waals surface area contributed by atoms with E-state index in [4.69, 9.17) is 11.6 Å². The number of halogens is 4. The highest BCUT2D eigenvalue weighted by Gasteiger charge is 2.37. The number of aromatic nitrogens is 2. The lowest BCUT2D eigenvalue weighted by Gasteiger charge is -2.40. The molecule has 1 aliphatic rings. The highest BCUT2D eigenvalue weighted by molar-refractivity contribution is 7.22. The van der Waals surface area contributed by atoms with Gasteiger partial charge >= 0.3 is 12.2 Å². The second kappa shape index (κ2) is 7.92. The van der Waals surface area contributed by atoms with Gasteiger partial charge in [-0.2, -0.15) is 13.2 Å². The van der Waals surface area contributed by atoms with Gasteiger partial charge in [-0.3, -0.25) is 5.32 Å². The van der Waals surface area contributed by atoms with Crippen molar-refractivity contribution in [1.29, 1.82) is 0 Å². The third-order valence-electron chi connectivity index (χ3n) is 4.84. The first-order chi connectivity index (χ1) is 14.2. The van der Waals surface area contributed by atoms with E-state index < -0.39 is 11.7 Å². The van der Waals surface area contributed by atoms with E-state index in [9.17, 15) is 18.0 Å². The Morgan fingerprint density at radius 2 is 2.10 bits per heavy atom. The maximum atomic E-state index is 13.3. The van der Waals surface area contributed by atoms with Crippen LogP contribution in [0.5, 0.6) is 0 Å². The zero-order valence-electron chi connectivity index (χ0n) is 15.8. The summed E-state index contributed by atoms with van der Waals surface area (Å²) in [5.74, 6) is -0.111. The molecule has 1 saturated heterocycles. The van der Waals surface area contributed by atoms with Crippen LogP contribution in [0.15, 0.2) is 36.5 Å². The van der Waals surface area contributed by atoms with Crippen LogP contribution >= 0.6 is 22.9 Å². The quantitative estimate of drug-likeness (QED) is 0.583. The number of benzene rings is 1. The molecule has 2 amide bonds. The molecular formula is C19H17ClF3N5OS. The fourth-order valence-electron chi connectivity index (χ4n) is 3.44. The van der Waals surface area contributed by atoms with E-state index in [1.807, 2.05) is 0 Å². The molecule has 0 unspecified atom stereocenters. The topological polar surface area (TPSA) is 61.4 Å². The van der Waals surface area contributed by atoms with Gasteiger partial charge in [-0.25, -0.2) is 14.8 Å². The molecule has 158 valence electrons. The smallest absolute Gasteiger partial charge is 0.352 e. The van der Waals surface area contributed by atoms with E-state index in [0.29, 0.717) is 10.2 Å². The van der Waals surface area contributed by atoms with Gasteiger partial charge in [-0.05, 0) is 37.3 Å². The Hall–Kier alpha value is -2.59. The lowest BCUT2D eigenvalue weighted by molar-refractivity contribution is -0.137. The Morgan fingerprint density at radius 3 is 2.83 bits per heavy atom. The van der Waals surface area contributed by atoms with Crippen molar-refractivity contribution in [2.45, 2.75) is 19.1 Å². The largest absolute Gasteiger partial charge is 0.419 e. The predicted molar refractivity (Wildman–Crippen MR) is 111 cm³/mol. The van der Waals surface area contributed by atoms with Gasteiger partial charge in [0.05, 0.1) is 15.8 Å². The third-order valence-corrected chi connectivity index (χ3v) is 6.01. The normalized spacial score (nSPS) is 17.4. The van der Waals surface area contributed by atoms with Crippen molar-refractivity contribution in [3.8, 4) is 0 Å². The third kappa shape index (κ3) is 4.15. The molecule has 6 nitrogen and oxygen atoms in total. The number of fused-ring (bicyclic) bond motifs is 1. The number of anilines is 2. The number of rotatable bonds is 2. The monoisotopic (exact) mass is 455 g/mol. The SMILES string of the molecule is C[C@@H]1CN(c2ncccc2C(F)(F)F)CCN1C(=O)Nc1nc2ccc(Cl)cc2s1. The Bertz CT molecular complexity index is 1090. The summed E-state index contributed by atoms with van der Waals surface area (Å²) in [5.41, 5.74) is -0.0457. The number of pyridine rings is 1. The Labute approximate surface area is 179 Å². The molecule has 3 heterocycles. The second-order valence-electron chi connectivity index (χ2n) is 6.92. The Balaban J connectivity index is 1.46. The lowest BCUT2D eigenvalue weighted by atomic mass is 10.1. The minimum atomic E-state index is -4.49. The molecule has 11 heteroatoms. The summed E-state index contributed by atoms with van der Waals surface area (Å²) in [7, 11) is 0. The lowest BCUT2D eigenvalue weighted by Crippen LogP contribution is -2.55. The van der Waals surface area contributed by atoms with Crippen LogP contribution in [0.3, 0.4) is 0 Å². The number of hydrogen-bond acceptors (Lipinski definition) is 5. The number of nitrogens with zero attached hydrogens (tertiary/aromatic N) is 4. The van der Waals surface area contributed by atoms with Crippen LogP contribution in [0.1, 0.15) is 12.5 Å². The summed E-state index contributed by atoms with van der Waals surface area (Å²) < 4.78 is 40.8. The summed E-state index contributed by atoms with van der Waals surface area (Å²) >= 11 is 7.29. The number of carbonyl (C=O) groups excluding carboxylic acids is 1. The van der Waals surface area contributed by atoms with Crippen LogP contribution in [-0.4, -0.2) is 46.6 Å². The van der Waals surface area contributed by atoms with Crippen LogP contribution in [0, 0.1) is 0 Å². The first kappa shape index (κ1) is 20.7. The number of piperazine rings is 1. The first-order valence-electron chi connectivity index (χ1n) is 9.13. The summed E-state index contributed by atoms with van der Waals surface area (Å²) in [6.07, 6.45) is -3.15. The van der Waals surface area contributed by atoms with Crippen molar-refractivity contribution < 1.29 is 18.0 Å². The molecule has 1 aromatic carbocycles. The minimum absolute atomic E-state index is 0.111. The van der Waals surface area contributed by atoms with Gasteiger partial charge in [-0.15, -0.1) is 0 Å². The number of alkyl halides is 3. The maximum Gasteiger partial charge on any atom is 0.419 e. The van der Waals surface area contributed by atoms with E-state index in [1.54, 1.807) is 34.9 Å². The fourth-order valence-corrected chi connectivity index (χ4v) is 4.57.